The predicted molar refractivity (Wildman–Crippen MR) is 55.7 cm³/mol. The van der Waals surface area contributed by atoms with Gasteiger partial charge in [0.05, 0.1) is 11.1 Å². The monoisotopic (exact) mass is 212 g/mol. The van der Waals surface area contributed by atoms with Gasteiger partial charge in [0, 0.05) is 11.0 Å². The van der Waals surface area contributed by atoms with Crippen LogP contribution >= 0.6 is 11.6 Å². The van der Waals surface area contributed by atoms with Crippen LogP contribution in [0.25, 0.3) is 0 Å². The van der Waals surface area contributed by atoms with E-state index in [-0.39, 0.29) is 11.2 Å². The first-order valence-electron chi connectivity index (χ1n) is 4.74. The van der Waals surface area contributed by atoms with Crippen LogP contribution in [0.3, 0.4) is 0 Å². The van der Waals surface area contributed by atoms with E-state index in [0.29, 0.717) is 5.02 Å². The lowest BCUT2D eigenvalue weighted by molar-refractivity contribution is 0.149. The molecule has 0 saturated heterocycles. The van der Waals surface area contributed by atoms with Gasteiger partial charge in [0.15, 0.2) is 0 Å². The summed E-state index contributed by atoms with van der Waals surface area (Å²) in [5, 5.41) is 19.8. The summed E-state index contributed by atoms with van der Waals surface area (Å²) in [5.74, 6) is 0.118. The molecule has 0 aromatic heterocycles. The maximum atomic E-state index is 9.78. The Balaban J connectivity index is 2.47. The van der Waals surface area contributed by atoms with Crippen LogP contribution in [-0.2, 0) is 5.41 Å². The smallest absolute Gasteiger partial charge is 0.138 e. The Labute approximate surface area is 88.1 Å². The van der Waals surface area contributed by atoms with E-state index in [0.717, 1.165) is 18.4 Å². The Morgan fingerprint density at radius 1 is 1.43 bits per heavy atom. The highest BCUT2D eigenvalue weighted by Crippen LogP contribution is 2.54. The number of aliphatic hydroxyl groups is 1. The van der Waals surface area contributed by atoms with Crippen LogP contribution in [0.5, 0.6) is 5.75 Å². The molecule has 0 heterocycles. The lowest BCUT2D eigenvalue weighted by Gasteiger charge is -2.20. The summed E-state index contributed by atoms with van der Waals surface area (Å²) >= 11 is 5.82. The second-order valence-electron chi connectivity index (χ2n) is 3.97. The maximum absolute atomic E-state index is 9.78. The number of para-hydroxylation sites is 1. The van der Waals surface area contributed by atoms with Crippen molar-refractivity contribution in [1.29, 1.82) is 0 Å². The fraction of sp³-hybridized carbons (Fsp3) is 0.455. The molecule has 14 heavy (non-hydrogen) atoms. The van der Waals surface area contributed by atoms with Gasteiger partial charge in [-0.15, -0.1) is 0 Å². The third kappa shape index (κ3) is 1.30. The third-order valence-electron chi connectivity index (χ3n) is 3.11. The summed E-state index contributed by atoms with van der Waals surface area (Å²) in [4.78, 5) is 0. The molecule has 0 radical (unpaired) electrons. The zero-order valence-corrected chi connectivity index (χ0v) is 8.75. The molecule has 0 amide bonds. The van der Waals surface area contributed by atoms with Crippen molar-refractivity contribution in [3.8, 4) is 5.75 Å². The normalized spacial score (nSPS) is 20.5. The van der Waals surface area contributed by atoms with Gasteiger partial charge in [0.1, 0.15) is 5.75 Å². The number of phenolic OH excluding ortho intramolecular Hbond substituents is 1. The molecule has 1 aromatic rings. The Bertz CT molecular complexity index is 356. The van der Waals surface area contributed by atoms with Crippen LogP contribution in [0.15, 0.2) is 18.2 Å². The molecule has 0 aliphatic heterocycles. The lowest BCUT2D eigenvalue weighted by Crippen LogP contribution is -2.22. The summed E-state index contributed by atoms with van der Waals surface area (Å²) in [6.45, 7) is 1.76. The van der Waals surface area contributed by atoms with E-state index < -0.39 is 6.10 Å². The molecule has 2 N–H and O–H groups in total. The average molecular weight is 213 g/mol. The fourth-order valence-corrected chi connectivity index (χ4v) is 2.14. The molecule has 1 aliphatic rings. The lowest BCUT2D eigenvalue weighted by atomic mass is 9.90. The topological polar surface area (TPSA) is 40.5 Å². The van der Waals surface area contributed by atoms with Crippen LogP contribution in [0.4, 0.5) is 0 Å². The number of phenols is 1. The van der Waals surface area contributed by atoms with E-state index >= 15 is 0 Å². The van der Waals surface area contributed by atoms with Crippen molar-refractivity contribution in [1.82, 2.24) is 0 Å². The highest BCUT2D eigenvalue weighted by atomic mass is 35.5. The van der Waals surface area contributed by atoms with Crippen LogP contribution in [0.2, 0.25) is 5.02 Å². The van der Waals surface area contributed by atoms with Gasteiger partial charge in [0.25, 0.3) is 0 Å². The number of halogens is 1. The second-order valence-corrected chi connectivity index (χ2v) is 4.38. The number of hydrogen-bond acceptors (Lipinski definition) is 2. The first-order valence-corrected chi connectivity index (χ1v) is 5.12. The molecule has 1 aliphatic carbocycles. The SMILES string of the molecule is CC(O)C1(c2cccc(Cl)c2O)CC1. The van der Waals surface area contributed by atoms with Gasteiger partial charge in [-0.3, -0.25) is 0 Å². The van der Waals surface area contributed by atoms with Crippen LogP contribution in [-0.4, -0.2) is 16.3 Å². The molecule has 0 bridgehead atoms. The Morgan fingerprint density at radius 3 is 2.57 bits per heavy atom. The van der Waals surface area contributed by atoms with Gasteiger partial charge >= 0.3 is 0 Å². The Hall–Kier alpha value is -0.730. The summed E-state index contributed by atoms with van der Waals surface area (Å²) in [7, 11) is 0. The highest BCUT2D eigenvalue weighted by molar-refractivity contribution is 6.32. The number of hydrogen-bond donors (Lipinski definition) is 2. The van der Waals surface area contributed by atoms with Crippen molar-refractivity contribution in [2.24, 2.45) is 0 Å². The van der Waals surface area contributed by atoms with Gasteiger partial charge in [-0.25, -0.2) is 0 Å². The summed E-state index contributed by atoms with van der Waals surface area (Å²) in [5.41, 5.74) is 0.523. The van der Waals surface area contributed by atoms with E-state index in [9.17, 15) is 10.2 Å². The molecule has 1 aromatic carbocycles. The van der Waals surface area contributed by atoms with Gasteiger partial charge in [-0.1, -0.05) is 23.7 Å². The van der Waals surface area contributed by atoms with Crippen molar-refractivity contribution in [2.45, 2.75) is 31.3 Å². The van der Waals surface area contributed by atoms with Crippen molar-refractivity contribution in [3.63, 3.8) is 0 Å². The first-order chi connectivity index (χ1) is 6.58. The standard InChI is InChI=1S/C11H13ClO2/c1-7(13)11(5-6-11)8-3-2-4-9(12)10(8)14/h2-4,7,13-14H,5-6H2,1H3. The van der Waals surface area contributed by atoms with E-state index in [1.807, 2.05) is 6.07 Å². The van der Waals surface area contributed by atoms with Crippen molar-refractivity contribution in [3.05, 3.63) is 28.8 Å². The zero-order chi connectivity index (χ0) is 10.3. The van der Waals surface area contributed by atoms with Crippen molar-refractivity contribution < 1.29 is 10.2 Å². The molecule has 1 unspecified atom stereocenters. The van der Waals surface area contributed by atoms with Gasteiger partial charge < -0.3 is 10.2 Å². The van der Waals surface area contributed by atoms with Crippen LogP contribution in [0, 0.1) is 0 Å². The number of rotatable bonds is 2. The molecule has 3 heteroatoms. The third-order valence-corrected chi connectivity index (χ3v) is 3.42. The minimum atomic E-state index is -0.438. The quantitative estimate of drug-likeness (QED) is 0.791. The fourth-order valence-electron chi connectivity index (χ4n) is 1.96. The molecule has 76 valence electrons. The van der Waals surface area contributed by atoms with E-state index in [1.165, 1.54) is 0 Å². The molecule has 2 rings (SSSR count). The Morgan fingerprint density at radius 2 is 2.07 bits per heavy atom. The van der Waals surface area contributed by atoms with Gasteiger partial charge in [-0.2, -0.15) is 0 Å². The molecular weight excluding hydrogens is 200 g/mol. The molecule has 0 spiro atoms. The van der Waals surface area contributed by atoms with Crippen LogP contribution < -0.4 is 0 Å². The minimum absolute atomic E-state index is 0.118. The maximum Gasteiger partial charge on any atom is 0.138 e. The number of aliphatic hydroxyl groups excluding tert-OH is 1. The Kier molecular flexibility index (Phi) is 2.20. The summed E-state index contributed by atoms with van der Waals surface area (Å²) in [6.07, 6.45) is 1.39. The molecule has 1 fully saturated rings. The summed E-state index contributed by atoms with van der Waals surface area (Å²) in [6, 6.07) is 5.29. The summed E-state index contributed by atoms with van der Waals surface area (Å²) < 4.78 is 0. The largest absolute Gasteiger partial charge is 0.506 e. The highest BCUT2D eigenvalue weighted by Gasteiger charge is 2.50. The van der Waals surface area contributed by atoms with E-state index in [4.69, 9.17) is 11.6 Å². The average Bonchev–Trinajstić information content (AvgIpc) is 2.90. The molecular formula is C11H13ClO2. The van der Waals surface area contributed by atoms with E-state index in [2.05, 4.69) is 0 Å². The van der Waals surface area contributed by atoms with Gasteiger partial charge in [-0.05, 0) is 25.8 Å². The number of benzene rings is 1. The minimum Gasteiger partial charge on any atom is -0.506 e. The van der Waals surface area contributed by atoms with Crippen LogP contribution in [0.1, 0.15) is 25.3 Å². The van der Waals surface area contributed by atoms with Gasteiger partial charge in [0.2, 0.25) is 0 Å². The molecule has 1 atom stereocenters. The van der Waals surface area contributed by atoms with Crippen molar-refractivity contribution >= 4 is 11.6 Å². The second kappa shape index (κ2) is 3.14. The van der Waals surface area contributed by atoms with Crippen molar-refractivity contribution in [2.75, 3.05) is 0 Å². The zero-order valence-electron chi connectivity index (χ0n) is 8.00. The number of aromatic hydroxyl groups is 1. The van der Waals surface area contributed by atoms with E-state index in [1.54, 1.807) is 19.1 Å². The molecule has 1 saturated carbocycles. The predicted octanol–water partition coefficient (Wildman–Crippen LogP) is 2.46. The first kappa shape index (κ1) is 9.81. The molecule has 2 nitrogen and oxygen atoms in total.